The van der Waals surface area contributed by atoms with E-state index < -0.39 is 0 Å². The molecule has 3 aromatic rings. The highest BCUT2D eigenvalue weighted by atomic mass is 32.2. The summed E-state index contributed by atoms with van der Waals surface area (Å²) in [5, 5.41) is 3.02. The van der Waals surface area contributed by atoms with Gasteiger partial charge in [-0.1, -0.05) is 30.0 Å². The Morgan fingerprint density at radius 1 is 1.03 bits per heavy atom. The number of nitrogens with one attached hydrogen (secondary N) is 1. The number of anilines is 2. The summed E-state index contributed by atoms with van der Waals surface area (Å²) in [7, 11) is 3.78. The Morgan fingerprint density at radius 2 is 1.76 bits per heavy atom. The number of carbonyl (C=O) groups excluding carboxylic acids is 1. The lowest BCUT2D eigenvalue weighted by atomic mass is 10.2. The third kappa shape index (κ3) is 4.46. The quantitative estimate of drug-likeness (QED) is 0.680. The summed E-state index contributed by atoms with van der Waals surface area (Å²) in [6.07, 6.45) is 1.63. The first-order chi connectivity index (χ1) is 14.1. The molecule has 1 aliphatic heterocycles. The molecule has 0 saturated carbocycles. The number of ether oxygens (including phenoxy) is 2. The molecule has 29 heavy (non-hydrogen) atoms. The van der Waals surface area contributed by atoms with Crippen molar-refractivity contribution >= 4 is 29.2 Å². The summed E-state index contributed by atoms with van der Waals surface area (Å²) < 4.78 is 11.4. The molecule has 1 aromatic heterocycles. The minimum atomic E-state index is -0.206. The van der Waals surface area contributed by atoms with E-state index in [9.17, 15) is 4.79 Å². The van der Waals surface area contributed by atoms with Crippen LogP contribution < -0.4 is 19.7 Å². The first-order valence-corrected chi connectivity index (χ1v) is 10.0. The van der Waals surface area contributed by atoms with E-state index in [0.29, 0.717) is 36.0 Å². The van der Waals surface area contributed by atoms with Crippen molar-refractivity contribution in [3.05, 3.63) is 66.4 Å². The van der Waals surface area contributed by atoms with Crippen LogP contribution >= 0.6 is 11.8 Å². The normalized spacial score (nSPS) is 12.3. The first kappa shape index (κ1) is 19.1. The summed E-state index contributed by atoms with van der Waals surface area (Å²) in [4.78, 5) is 21.0. The molecule has 0 aliphatic carbocycles. The average molecular weight is 407 g/mol. The third-order valence-electron chi connectivity index (χ3n) is 4.33. The van der Waals surface area contributed by atoms with E-state index in [2.05, 4.69) is 10.3 Å². The minimum absolute atomic E-state index is 0.206. The molecular weight excluding hydrogens is 386 g/mol. The predicted molar refractivity (Wildman–Crippen MR) is 115 cm³/mol. The van der Waals surface area contributed by atoms with Crippen molar-refractivity contribution in [2.75, 3.05) is 37.5 Å². The number of pyridine rings is 1. The fourth-order valence-electron chi connectivity index (χ4n) is 2.87. The molecule has 0 saturated heterocycles. The molecular formula is C22H21N3O3S. The highest BCUT2D eigenvalue weighted by Gasteiger charge is 2.19. The number of hydrogen-bond donors (Lipinski definition) is 1. The van der Waals surface area contributed by atoms with Gasteiger partial charge < -0.3 is 19.7 Å². The van der Waals surface area contributed by atoms with Crippen molar-refractivity contribution < 1.29 is 14.3 Å². The van der Waals surface area contributed by atoms with Gasteiger partial charge in [-0.2, -0.15) is 0 Å². The van der Waals surface area contributed by atoms with Gasteiger partial charge in [-0.3, -0.25) is 4.79 Å². The summed E-state index contributed by atoms with van der Waals surface area (Å²) in [5.74, 6) is 1.83. The van der Waals surface area contributed by atoms with Crippen LogP contribution in [0.4, 0.5) is 11.5 Å². The zero-order valence-corrected chi connectivity index (χ0v) is 17.0. The van der Waals surface area contributed by atoms with Gasteiger partial charge >= 0.3 is 0 Å². The van der Waals surface area contributed by atoms with E-state index in [1.165, 1.54) is 0 Å². The molecule has 0 fully saturated rings. The van der Waals surface area contributed by atoms with Crippen LogP contribution in [-0.2, 0) is 0 Å². The topological polar surface area (TPSA) is 63.7 Å². The predicted octanol–water partition coefficient (Wildman–Crippen LogP) is 4.32. The number of aromatic nitrogens is 1. The van der Waals surface area contributed by atoms with E-state index in [1.807, 2.05) is 61.5 Å². The van der Waals surface area contributed by atoms with Crippen LogP contribution in [0.3, 0.4) is 0 Å². The van der Waals surface area contributed by atoms with Gasteiger partial charge in [-0.25, -0.2) is 4.98 Å². The van der Waals surface area contributed by atoms with Gasteiger partial charge in [-0.15, -0.1) is 0 Å². The van der Waals surface area contributed by atoms with Crippen LogP contribution in [0.1, 0.15) is 10.4 Å². The number of benzene rings is 2. The number of carbonyl (C=O) groups is 1. The van der Waals surface area contributed by atoms with Gasteiger partial charge in [0.15, 0.2) is 11.5 Å². The van der Waals surface area contributed by atoms with Crippen molar-refractivity contribution in [1.82, 2.24) is 4.98 Å². The maximum atomic E-state index is 12.9. The van der Waals surface area contributed by atoms with Gasteiger partial charge in [0.1, 0.15) is 19.0 Å². The highest BCUT2D eigenvalue weighted by Crippen LogP contribution is 2.42. The van der Waals surface area contributed by atoms with E-state index in [-0.39, 0.29) is 5.91 Å². The Morgan fingerprint density at radius 3 is 2.48 bits per heavy atom. The Kier molecular flexibility index (Phi) is 5.57. The second-order valence-corrected chi connectivity index (χ2v) is 7.77. The van der Waals surface area contributed by atoms with E-state index >= 15 is 0 Å². The number of amides is 1. The Labute approximate surface area is 173 Å². The fraction of sp³-hybridized carbons (Fsp3) is 0.182. The van der Waals surface area contributed by atoms with Crippen LogP contribution in [0.25, 0.3) is 0 Å². The lowest BCUT2D eigenvalue weighted by Gasteiger charge is -2.21. The monoisotopic (exact) mass is 407 g/mol. The maximum Gasteiger partial charge on any atom is 0.255 e. The van der Waals surface area contributed by atoms with Crippen LogP contribution in [0.2, 0.25) is 0 Å². The minimum Gasteiger partial charge on any atom is -0.486 e. The molecule has 4 rings (SSSR count). The summed E-state index contributed by atoms with van der Waals surface area (Å²) in [6.45, 7) is 1.00. The highest BCUT2D eigenvalue weighted by molar-refractivity contribution is 7.99. The largest absolute Gasteiger partial charge is 0.486 e. The molecule has 1 aliphatic rings. The Bertz CT molecular complexity index is 1030. The Hall–Kier alpha value is -3.19. The average Bonchev–Trinajstić information content (AvgIpc) is 2.75. The molecule has 7 heteroatoms. The van der Waals surface area contributed by atoms with Crippen LogP contribution in [0.5, 0.6) is 11.5 Å². The molecule has 0 atom stereocenters. The molecule has 0 unspecified atom stereocenters. The van der Waals surface area contributed by atoms with E-state index in [1.54, 1.807) is 30.1 Å². The second-order valence-electron chi connectivity index (χ2n) is 6.66. The first-order valence-electron chi connectivity index (χ1n) is 9.21. The van der Waals surface area contributed by atoms with Crippen LogP contribution in [-0.4, -0.2) is 38.2 Å². The van der Waals surface area contributed by atoms with Gasteiger partial charge in [-0.05, 0) is 24.3 Å². The van der Waals surface area contributed by atoms with Gasteiger partial charge in [0.25, 0.3) is 5.91 Å². The summed E-state index contributed by atoms with van der Waals surface area (Å²) >= 11 is 1.56. The van der Waals surface area contributed by atoms with E-state index in [0.717, 1.165) is 15.6 Å². The fourth-order valence-corrected chi connectivity index (χ4v) is 3.80. The SMILES string of the molecule is CN(C)c1cc(C(=O)Nc2cc3c(cc2Sc2ccccc2)OCCO3)ccn1. The Balaban J connectivity index is 1.66. The maximum absolute atomic E-state index is 12.9. The molecule has 1 amide bonds. The van der Waals surface area contributed by atoms with Gasteiger partial charge in [0, 0.05) is 47.8 Å². The van der Waals surface area contributed by atoms with Gasteiger partial charge in [0.2, 0.25) is 0 Å². The molecule has 0 radical (unpaired) electrons. The van der Waals surface area contributed by atoms with Crippen molar-refractivity contribution in [3.63, 3.8) is 0 Å². The smallest absolute Gasteiger partial charge is 0.255 e. The van der Waals surface area contributed by atoms with Crippen molar-refractivity contribution in [1.29, 1.82) is 0 Å². The molecule has 1 N–H and O–H groups in total. The summed E-state index contributed by atoms with van der Waals surface area (Å²) in [5.41, 5.74) is 1.21. The van der Waals surface area contributed by atoms with Crippen LogP contribution in [0.15, 0.2) is 70.6 Å². The van der Waals surface area contributed by atoms with Crippen molar-refractivity contribution in [2.45, 2.75) is 9.79 Å². The number of rotatable bonds is 5. The number of fused-ring (bicyclic) bond motifs is 1. The lowest BCUT2D eigenvalue weighted by Crippen LogP contribution is -2.18. The third-order valence-corrected chi connectivity index (χ3v) is 5.40. The number of nitrogens with zero attached hydrogens (tertiary/aromatic N) is 2. The van der Waals surface area contributed by atoms with Gasteiger partial charge in [0.05, 0.1) is 5.69 Å². The molecule has 0 spiro atoms. The lowest BCUT2D eigenvalue weighted by molar-refractivity contribution is 0.102. The van der Waals surface area contributed by atoms with Crippen LogP contribution in [0, 0.1) is 0 Å². The second kappa shape index (κ2) is 8.45. The standard InChI is InChI=1S/C22H21N3O3S/c1-25(2)21-12-15(8-9-23-21)22(26)24-17-13-18-19(28-11-10-27-18)14-20(17)29-16-6-4-3-5-7-16/h3-9,12-14H,10-11H2,1-2H3,(H,24,26). The van der Waals surface area contributed by atoms with Crippen molar-refractivity contribution in [3.8, 4) is 11.5 Å². The molecule has 148 valence electrons. The number of hydrogen-bond acceptors (Lipinski definition) is 6. The van der Waals surface area contributed by atoms with Crippen molar-refractivity contribution in [2.24, 2.45) is 0 Å². The molecule has 6 nitrogen and oxygen atoms in total. The summed E-state index contributed by atoms with van der Waals surface area (Å²) in [6, 6.07) is 17.2. The molecule has 0 bridgehead atoms. The van der Waals surface area contributed by atoms with E-state index in [4.69, 9.17) is 9.47 Å². The zero-order valence-electron chi connectivity index (χ0n) is 16.2. The molecule has 2 aromatic carbocycles. The molecule has 2 heterocycles. The zero-order chi connectivity index (χ0) is 20.2.